The van der Waals surface area contributed by atoms with Crippen molar-refractivity contribution >= 4 is 5.91 Å². The highest BCUT2D eigenvalue weighted by atomic mass is 16.5. The number of hydrogen-bond donors (Lipinski definition) is 2. The summed E-state index contributed by atoms with van der Waals surface area (Å²) in [5.41, 5.74) is 1.01. The molecule has 0 aliphatic heterocycles. The lowest BCUT2D eigenvalue weighted by Crippen LogP contribution is -2.59. The second kappa shape index (κ2) is 6.63. The smallest absolute Gasteiger partial charge is 0.220 e. The number of carbonyl (C=O) groups is 1. The lowest BCUT2D eigenvalue weighted by Gasteiger charge is -2.52. The van der Waals surface area contributed by atoms with Crippen molar-refractivity contribution < 1.29 is 14.4 Å². The Balaban J connectivity index is 1.86. The fourth-order valence-electron chi connectivity index (χ4n) is 3.27. The van der Waals surface area contributed by atoms with Crippen LogP contribution in [0.1, 0.15) is 58.9 Å². The maximum atomic E-state index is 12.1. The minimum absolute atomic E-state index is 0.0151. The molecule has 1 heterocycles. The molecular formula is C18H30N2O3. The predicted octanol–water partition coefficient (Wildman–Crippen LogP) is 2.72. The highest BCUT2D eigenvalue weighted by molar-refractivity contribution is 5.77. The van der Waals surface area contributed by atoms with Gasteiger partial charge in [-0.05, 0) is 29.6 Å². The third-order valence-electron chi connectivity index (χ3n) is 4.92. The van der Waals surface area contributed by atoms with Gasteiger partial charge in [0.1, 0.15) is 5.76 Å². The van der Waals surface area contributed by atoms with Gasteiger partial charge >= 0.3 is 0 Å². The summed E-state index contributed by atoms with van der Waals surface area (Å²) in [4.78, 5) is 12.1. The highest BCUT2D eigenvalue weighted by Gasteiger charge is 2.48. The van der Waals surface area contributed by atoms with Crippen LogP contribution >= 0.6 is 0 Å². The largest absolute Gasteiger partial charge is 0.396 e. The molecule has 1 saturated carbocycles. The molecule has 5 nitrogen and oxygen atoms in total. The predicted molar refractivity (Wildman–Crippen MR) is 88.9 cm³/mol. The molecule has 1 aromatic heterocycles. The SMILES string of the molecule is CC(C)(C)CC(=O)N[C@H]1C[C@@H](Cc2cc(CCO)on2)C1(C)C. The zero-order valence-electron chi connectivity index (χ0n) is 15.0. The summed E-state index contributed by atoms with van der Waals surface area (Å²) >= 11 is 0. The lowest BCUT2D eigenvalue weighted by atomic mass is 9.57. The first kappa shape index (κ1) is 18.0. The highest BCUT2D eigenvalue weighted by Crippen LogP contribution is 2.47. The third kappa shape index (κ3) is 4.56. The molecule has 2 rings (SSSR count). The molecule has 0 radical (unpaired) electrons. The van der Waals surface area contributed by atoms with Crippen molar-refractivity contribution in [1.29, 1.82) is 0 Å². The summed E-state index contributed by atoms with van der Waals surface area (Å²) in [5, 5.41) is 16.2. The number of carbonyl (C=O) groups excluding carboxylic acids is 1. The number of aromatic nitrogens is 1. The van der Waals surface area contributed by atoms with Crippen LogP contribution in [0.25, 0.3) is 0 Å². The zero-order valence-corrected chi connectivity index (χ0v) is 15.0. The average Bonchev–Trinajstić information content (AvgIpc) is 2.83. The van der Waals surface area contributed by atoms with E-state index in [9.17, 15) is 4.79 Å². The molecule has 1 amide bonds. The van der Waals surface area contributed by atoms with Gasteiger partial charge in [-0.25, -0.2) is 0 Å². The minimum Gasteiger partial charge on any atom is -0.396 e. The monoisotopic (exact) mass is 322 g/mol. The molecule has 5 heteroatoms. The van der Waals surface area contributed by atoms with Crippen LogP contribution in [-0.4, -0.2) is 28.8 Å². The van der Waals surface area contributed by atoms with Gasteiger partial charge in [0.25, 0.3) is 0 Å². The van der Waals surface area contributed by atoms with E-state index in [1.54, 1.807) is 0 Å². The summed E-state index contributed by atoms with van der Waals surface area (Å²) in [5.74, 6) is 1.35. The van der Waals surface area contributed by atoms with Crippen LogP contribution in [0.2, 0.25) is 0 Å². The molecule has 1 fully saturated rings. The molecule has 130 valence electrons. The second-order valence-electron chi connectivity index (χ2n) is 8.57. The Kier molecular flexibility index (Phi) is 5.19. The standard InChI is InChI=1S/C18H30N2O3/c1-17(2,3)11-16(22)19-15-9-12(18(15,4)5)8-13-10-14(6-7-21)23-20-13/h10,12,15,21H,6-9,11H2,1-5H3,(H,19,22)/t12-,15+/m1/s1. The maximum absolute atomic E-state index is 12.1. The van der Waals surface area contributed by atoms with E-state index in [1.165, 1.54) is 0 Å². The van der Waals surface area contributed by atoms with Crippen LogP contribution in [0, 0.1) is 16.7 Å². The molecule has 0 saturated heterocycles. The van der Waals surface area contributed by atoms with E-state index in [0.717, 1.165) is 24.3 Å². The van der Waals surface area contributed by atoms with Crippen LogP contribution < -0.4 is 5.32 Å². The first-order valence-corrected chi connectivity index (χ1v) is 8.46. The van der Waals surface area contributed by atoms with E-state index in [4.69, 9.17) is 9.63 Å². The number of hydrogen-bond acceptors (Lipinski definition) is 4. The molecule has 0 unspecified atom stereocenters. The first-order chi connectivity index (χ1) is 10.6. The van der Waals surface area contributed by atoms with Crippen molar-refractivity contribution in [2.75, 3.05) is 6.61 Å². The molecule has 1 aliphatic carbocycles. The Bertz CT molecular complexity index is 543. The van der Waals surface area contributed by atoms with E-state index < -0.39 is 0 Å². The number of rotatable bonds is 6. The summed E-state index contributed by atoms with van der Waals surface area (Å²) in [6.45, 7) is 10.7. The fraction of sp³-hybridized carbons (Fsp3) is 0.778. The van der Waals surface area contributed by atoms with Gasteiger partial charge in [-0.15, -0.1) is 0 Å². The van der Waals surface area contributed by atoms with Crippen LogP contribution in [0.4, 0.5) is 0 Å². The first-order valence-electron chi connectivity index (χ1n) is 8.46. The van der Waals surface area contributed by atoms with E-state index >= 15 is 0 Å². The quantitative estimate of drug-likeness (QED) is 0.844. The topological polar surface area (TPSA) is 75.4 Å². The Morgan fingerprint density at radius 2 is 2.17 bits per heavy atom. The molecule has 2 N–H and O–H groups in total. The molecule has 1 aromatic rings. The summed E-state index contributed by atoms with van der Waals surface area (Å²) in [6, 6.07) is 2.16. The molecular weight excluding hydrogens is 292 g/mol. The summed E-state index contributed by atoms with van der Waals surface area (Å²) in [6.07, 6.45) is 2.89. The number of aliphatic hydroxyl groups excluding tert-OH is 1. The average molecular weight is 322 g/mol. The molecule has 1 aliphatic rings. The minimum atomic E-state index is 0.0151. The van der Waals surface area contributed by atoms with E-state index in [2.05, 4.69) is 45.1 Å². The van der Waals surface area contributed by atoms with Crippen LogP contribution in [-0.2, 0) is 17.6 Å². The van der Waals surface area contributed by atoms with Crippen LogP contribution in [0.3, 0.4) is 0 Å². The van der Waals surface area contributed by atoms with E-state index in [-0.39, 0.29) is 29.4 Å². The molecule has 2 atom stereocenters. The zero-order chi connectivity index (χ0) is 17.3. The van der Waals surface area contributed by atoms with Crippen molar-refractivity contribution in [3.8, 4) is 0 Å². The van der Waals surface area contributed by atoms with Crippen molar-refractivity contribution in [1.82, 2.24) is 10.5 Å². The number of amides is 1. The van der Waals surface area contributed by atoms with Crippen LogP contribution in [0.15, 0.2) is 10.6 Å². The van der Waals surface area contributed by atoms with E-state index in [0.29, 0.717) is 18.8 Å². The Hall–Kier alpha value is -1.36. The van der Waals surface area contributed by atoms with Gasteiger partial charge in [0.2, 0.25) is 5.91 Å². The second-order valence-corrected chi connectivity index (χ2v) is 8.57. The Labute approximate surface area is 138 Å². The van der Waals surface area contributed by atoms with Crippen molar-refractivity contribution in [2.45, 2.75) is 66.3 Å². The van der Waals surface area contributed by atoms with Crippen LogP contribution in [0.5, 0.6) is 0 Å². The van der Waals surface area contributed by atoms with Gasteiger partial charge in [-0.3, -0.25) is 4.79 Å². The van der Waals surface area contributed by atoms with Crippen molar-refractivity contribution in [2.24, 2.45) is 16.7 Å². The Morgan fingerprint density at radius 3 is 2.74 bits per heavy atom. The van der Waals surface area contributed by atoms with Gasteiger partial charge in [-0.2, -0.15) is 0 Å². The maximum Gasteiger partial charge on any atom is 0.220 e. The molecule has 0 aromatic carbocycles. The van der Waals surface area contributed by atoms with Gasteiger partial charge in [0, 0.05) is 24.9 Å². The normalized spacial score (nSPS) is 23.4. The van der Waals surface area contributed by atoms with E-state index in [1.807, 2.05) is 6.07 Å². The van der Waals surface area contributed by atoms with Crippen molar-refractivity contribution in [3.05, 3.63) is 17.5 Å². The number of aliphatic hydroxyl groups is 1. The Morgan fingerprint density at radius 1 is 1.48 bits per heavy atom. The van der Waals surface area contributed by atoms with Gasteiger partial charge in [0.05, 0.1) is 12.3 Å². The summed E-state index contributed by atoms with van der Waals surface area (Å²) in [7, 11) is 0. The lowest BCUT2D eigenvalue weighted by molar-refractivity contribution is -0.127. The van der Waals surface area contributed by atoms with Gasteiger partial charge in [-0.1, -0.05) is 39.8 Å². The number of nitrogens with one attached hydrogen (secondary N) is 1. The molecule has 0 bridgehead atoms. The van der Waals surface area contributed by atoms with Gasteiger partial charge < -0.3 is 14.9 Å². The third-order valence-corrected chi connectivity index (χ3v) is 4.92. The fourth-order valence-corrected chi connectivity index (χ4v) is 3.27. The molecule has 23 heavy (non-hydrogen) atoms. The van der Waals surface area contributed by atoms with Crippen molar-refractivity contribution in [3.63, 3.8) is 0 Å². The van der Waals surface area contributed by atoms with Gasteiger partial charge in [0.15, 0.2) is 0 Å². The number of nitrogens with zero attached hydrogens (tertiary/aromatic N) is 1. The molecule has 0 spiro atoms. The summed E-state index contributed by atoms with van der Waals surface area (Å²) < 4.78 is 5.21.